The van der Waals surface area contributed by atoms with Crippen molar-refractivity contribution >= 4 is 39.8 Å². The predicted octanol–water partition coefficient (Wildman–Crippen LogP) is 3.56. The first-order chi connectivity index (χ1) is 14.8. The zero-order chi connectivity index (χ0) is 22.1. The molecule has 0 aliphatic carbocycles. The van der Waals surface area contributed by atoms with Crippen LogP contribution >= 0.6 is 11.3 Å². The molecular formula is C23H28N4O3S. The fourth-order valence-electron chi connectivity index (χ4n) is 4.05. The summed E-state index contributed by atoms with van der Waals surface area (Å²) in [5.74, 6) is 0.267. The highest BCUT2D eigenvalue weighted by atomic mass is 32.1. The van der Waals surface area contributed by atoms with Crippen molar-refractivity contribution in [1.29, 1.82) is 0 Å². The Morgan fingerprint density at radius 1 is 1.03 bits per heavy atom. The largest absolute Gasteiger partial charge is 0.368 e. The number of Topliss-reactive ketones (excluding diaryl/α,β-unsaturated/α-hetero) is 1. The van der Waals surface area contributed by atoms with Crippen LogP contribution in [0.3, 0.4) is 0 Å². The quantitative estimate of drug-likeness (QED) is 0.665. The molecule has 0 saturated carbocycles. The number of aromatic nitrogens is 1. The highest BCUT2D eigenvalue weighted by Crippen LogP contribution is 2.34. The van der Waals surface area contributed by atoms with Crippen molar-refractivity contribution in [3.05, 3.63) is 40.4 Å². The molecule has 3 heterocycles. The van der Waals surface area contributed by atoms with Gasteiger partial charge in [0.05, 0.1) is 5.69 Å². The van der Waals surface area contributed by atoms with E-state index in [2.05, 4.69) is 9.88 Å². The minimum absolute atomic E-state index is 0.00525. The fourth-order valence-corrected chi connectivity index (χ4v) is 5.28. The van der Waals surface area contributed by atoms with Crippen LogP contribution in [0.4, 0.5) is 10.8 Å². The number of piperazine rings is 1. The second kappa shape index (κ2) is 8.78. The Morgan fingerprint density at radius 3 is 2.26 bits per heavy atom. The number of anilines is 2. The molecule has 2 aliphatic heterocycles. The molecule has 7 nitrogen and oxygen atoms in total. The number of hydrogen-bond donors (Lipinski definition) is 0. The molecule has 2 aliphatic rings. The zero-order valence-electron chi connectivity index (χ0n) is 18.3. The van der Waals surface area contributed by atoms with Gasteiger partial charge >= 0.3 is 0 Å². The van der Waals surface area contributed by atoms with E-state index >= 15 is 0 Å². The molecule has 2 saturated heterocycles. The average molecular weight is 441 g/mol. The molecule has 1 aromatic heterocycles. The Bertz CT molecular complexity index is 991. The number of hydrogen-bond acceptors (Lipinski definition) is 6. The van der Waals surface area contributed by atoms with Gasteiger partial charge in [0.1, 0.15) is 4.88 Å². The summed E-state index contributed by atoms with van der Waals surface area (Å²) in [6.07, 6.45) is 1.39. The maximum absolute atomic E-state index is 13.3. The Labute approximate surface area is 186 Å². The van der Waals surface area contributed by atoms with Crippen molar-refractivity contribution in [3.63, 3.8) is 0 Å². The van der Waals surface area contributed by atoms with Crippen molar-refractivity contribution in [2.75, 3.05) is 42.5 Å². The molecule has 0 radical (unpaired) electrons. The number of nitrogens with zero attached hydrogens (tertiary/aromatic N) is 4. The molecule has 0 atom stereocenters. The minimum Gasteiger partial charge on any atom is -0.368 e. The van der Waals surface area contributed by atoms with E-state index in [1.165, 1.54) is 11.3 Å². The smallest absolute Gasteiger partial charge is 0.266 e. The van der Waals surface area contributed by atoms with Crippen molar-refractivity contribution < 1.29 is 14.4 Å². The molecule has 2 amide bonds. The Hall–Kier alpha value is -2.74. The van der Waals surface area contributed by atoms with Gasteiger partial charge < -0.3 is 9.80 Å². The molecule has 1 aromatic carbocycles. The van der Waals surface area contributed by atoms with Crippen LogP contribution < -0.4 is 9.80 Å². The highest BCUT2D eigenvalue weighted by Gasteiger charge is 2.31. The normalized spacial score (nSPS) is 17.0. The van der Waals surface area contributed by atoms with Crippen molar-refractivity contribution in [3.8, 4) is 0 Å². The topological polar surface area (TPSA) is 73.8 Å². The van der Waals surface area contributed by atoms with Crippen molar-refractivity contribution in [2.45, 2.75) is 39.5 Å². The number of benzene rings is 1. The van der Waals surface area contributed by atoms with Crippen molar-refractivity contribution in [2.24, 2.45) is 0 Å². The molecule has 31 heavy (non-hydrogen) atoms. The number of carbonyl (C=O) groups is 3. The summed E-state index contributed by atoms with van der Waals surface area (Å²) in [5.41, 5.74) is 2.55. The van der Waals surface area contributed by atoms with Gasteiger partial charge in [-0.25, -0.2) is 4.98 Å². The lowest BCUT2D eigenvalue weighted by Gasteiger charge is -2.36. The Kier molecular flexibility index (Phi) is 6.09. The van der Waals surface area contributed by atoms with Gasteiger partial charge in [0.25, 0.3) is 5.91 Å². The maximum Gasteiger partial charge on any atom is 0.266 e. The van der Waals surface area contributed by atoms with Crippen LogP contribution in [0.2, 0.25) is 0 Å². The van der Waals surface area contributed by atoms with Gasteiger partial charge in [-0.05, 0) is 43.5 Å². The van der Waals surface area contributed by atoms with Crippen LogP contribution in [0.5, 0.6) is 0 Å². The standard InChI is InChI=1S/C23H28N4O3S/c1-15(2)20-21(31-23(24-20)27-10-4-5-19(27)29)22(30)26-13-11-25(12-14-26)18-8-6-17(7-9-18)16(3)28/h6-9,15H,4-5,10-14H2,1-3H3. The number of rotatable bonds is 5. The summed E-state index contributed by atoms with van der Waals surface area (Å²) in [5, 5.41) is 0.652. The molecule has 0 bridgehead atoms. The Balaban J connectivity index is 1.46. The van der Waals surface area contributed by atoms with Gasteiger partial charge in [-0.15, -0.1) is 0 Å². The second-order valence-corrected chi connectivity index (χ2v) is 9.37. The molecule has 2 aromatic rings. The fraction of sp³-hybridized carbons (Fsp3) is 0.478. The van der Waals surface area contributed by atoms with E-state index in [9.17, 15) is 14.4 Å². The summed E-state index contributed by atoms with van der Waals surface area (Å²) in [7, 11) is 0. The molecule has 0 unspecified atom stereocenters. The summed E-state index contributed by atoms with van der Waals surface area (Å²) >= 11 is 1.35. The van der Waals surface area contributed by atoms with E-state index < -0.39 is 0 Å². The predicted molar refractivity (Wildman–Crippen MR) is 122 cm³/mol. The van der Waals surface area contributed by atoms with Gasteiger partial charge in [-0.2, -0.15) is 0 Å². The number of amides is 2. The van der Waals surface area contributed by atoms with Gasteiger partial charge in [0.2, 0.25) is 5.91 Å². The molecule has 8 heteroatoms. The average Bonchev–Trinajstić information content (AvgIpc) is 3.39. The molecule has 4 rings (SSSR count). The van der Waals surface area contributed by atoms with Gasteiger partial charge in [-0.1, -0.05) is 25.2 Å². The minimum atomic E-state index is 0.00525. The van der Waals surface area contributed by atoms with Crippen LogP contribution in [0.25, 0.3) is 0 Å². The summed E-state index contributed by atoms with van der Waals surface area (Å²) in [6, 6.07) is 7.63. The van der Waals surface area contributed by atoms with Gasteiger partial charge in [0, 0.05) is 50.4 Å². The van der Waals surface area contributed by atoms with Crippen LogP contribution in [0.15, 0.2) is 24.3 Å². The third-order valence-corrected chi connectivity index (χ3v) is 6.98. The summed E-state index contributed by atoms with van der Waals surface area (Å²) in [6.45, 7) is 9.03. The molecule has 2 fully saturated rings. The first-order valence-corrected chi connectivity index (χ1v) is 11.6. The number of ketones is 1. The Morgan fingerprint density at radius 2 is 1.71 bits per heavy atom. The third kappa shape index (κ3) is 4.35. The number of thiazole rings is 1. The molecule has 0 N–H and O–H groups in total. The third-order valence-electron chi connectivity index (χ3n) is 5.89. The molecular weight excluding hydrogens is 412 g/mol. The van der Waals surface area contributed by atoms with Crippen LogP contribution in [-0.4, -0.2) is 60.2 Å². The highest BCUT2D eigenvalue weighted by molar-refractivity contribution is 7.17. The second-order valence-electron chi connectivity index (χ2n) is 8.40. The van der Waals surface area contributed by atoms with Crippen LogP contribution in [-0.2, 0) is 4.79 Å². The monoisotopic (exact) mass is 440 g/mol. The first-order valence-electron chi connectivity index (χ1n) is 10.8. The number of carbonyl (C=O) groups excluding carboxylic acids is 3. The van der Waals surface area contributed by atoms with Gasteiger partial charge in [-0.3, -0.25) is 19.3 Å². The first kappa shape index (κ1) is 21.5. The SMILES string of the molecule is CC(=O)c1ccc(N2CCN(C(=O)c3sc(N4CCCC4=O)nc3C(C)C)CC2)cc1. The van der Waals surface area contributed by atoms with E-state index in [0.29, 0.717) is 41.6 Å². The zero-order valence-corrected chi connectivity index (χ0v) is 19.1. The lowest BCUT2D eigenvalue weighted by Crippen LogP contribution is -2.48. The van der Waals surface area contributed by atoms with Crippen LogP contribution in [0, 0.1) is 0 Å². The molecule has 0 spiro atoms. The van der Waals surface area contributed by atoms with Crippen LogP contribution in [0.1, 0.15) is 65.3 Å². The lowest BCUT2D eigenvalue weighted by molar-refractivity contribution is -0.117. The van der Waals surface area contributed by atoms with Crippen molar-refractivity contribution in [1.82, 2.24) is 9.88 Å². The molecule has 164 valence electrons. The van der Waals surface area contributed by atoms with Gasteiger partial charge in [0.15, 0.2) is 10.9 Å². The lowest BCUT2D eigenvalue weighted by atomic mass is 10.1. The van der Waals surface area contributed by atoms with E-state index in [-0.39, 0.29) is 23.5 Å². The van der Waals surface area contributed by atoms with E-state index in [1.807, 2.05) is 43.0 Å². The van der Waals surface area contributed by atoms with E-state index in [0.717, 1.165) is 30.9 Å². The summed E-state index contributed by atoms with van der Waals surface area (Å²) < 4.78 is 0. The van der Waals surface area contributed by atoms with E-state index in [4.69, 9.17) is 0 Å². The summed E-state index contributed by atoms with van der Waals surface area (Å²) in [4.78, 5) is 48.1. The maximum atomic E-state index is 13.3. The van der Waals surface area contributed by atoms with E-state index in [1.54, 1.807) is 11.8 Å².